The minimum Gasteiger partial charge on any atom is -0.351 e. The molecule has 96 valence electrons. The Morgan fingerprint density at radius 2 is 2.33 bits per heavy atom. The number of ketones is 1. The Morgan fingerprint density at radius 3 is 2.89 bits per heavy atom. The van der Waals surface area contributed by atoms with Gasteiger partial charge in [0.2, 0.25) is 5.91 Å². The van der Waals surface area contributed by atoms with Crippen LogP contribution in [0.15, 0.2) is 24.3 Å². The highest BCUT2D eigenvalue weighted by molar-refractivity contribution is 6.04. The van der Waals surface area contributed by atoms with E-state index in [0.717, 1.165) is 31.3 Å². The molecule has 1 unspecified atom stereocenters. The maximum Gasteiger partial charge on any atom is 0.245 e. The number of carbonyl (C=O) groups is 2. The van der Waals surface area contributed by atoms with Crippen LogP contribution in [0.5, 0.6) is 0 Å². The predicted molar refractivity (Wildman–Crippen MR) is 68.5 cm³/mol. The van der Waals surface area contributed by atoms with Crippen LogP contribution in [0.3, 0.4) is 0 Å². The highest BCUT2D eigenvalue weighted by Crippen LogP contribution is 2.21. The van der Waals surface area contributed by atoms with Gasteiger partial charge in [-0.1, -0.05) is 17.7 Å². The second-order valence-electron chi connectivity index (χ2n) is 4.35. The third-order valence-corrected chi connectivity index (χ3v) is 2.92. The van der Waals surface area contributed by atoms with Gasteiger partial charge in [0.15, 0.2) is 11.7 Å². The molecule has 0 radical (unpaired) electrons. The maximum absolute atomic E-state index is 11.9. The lowest BCUT2D eigenvalue weighted by Gasteiger charge is -2.13. The molecule has 4 nitrogen and oxygen atoms in total. The molecule has 0 bridgehead atoms. The molecule has 0 heterocycles. The van der Waals surface area contributed by atoms with Crippen LogP contribution in [0, 0.1) is 17.2 Å². The van der Waals surface area contributed by atoms with Crippen LogP contribution in [-0.4, -0.2) is 18.2 Å². The second-order valence-corrected chi connectivity index (χ2v) is 4.35. The van der Waals surface area contributed by atoms with Crippen LogP contribution in [0.2, 0.25) is 0 Å². The summed E-state index contributed by atoms with van der Waals surface area (Å²) in [5.74, 6) is -2.04. The molecule has 0 spiro atoms. The molecule has 1 aliphatic carbocycles. The van der Waals surface area contributed by atoms with E-state index in [9.17, 15) is 9.59 Å². The minimum absolute atomic E-state index is 0.222. The van der Waals surface area contributed by atoms with Crippen LogP contribution in [0.4, 0.5) is 0 Å². The van der Waals surface area contributed by atoms with Crippen LogP contribution in [-0.2, 0) is 9.59 Å². The van der Waals surface area contributed by atoms with Crippen molar-refractivity contribution in [2.24, 2.45) is 5.92 Å². The van der Waals surface area contributed by atoms with Crippen molar-refractivity contribution in [2.45, 2.75) is 32.1 Å². The van der Waals surface area contributed by atoms with E-state index in [1.807, 2.05) is 0 Å². The number of nitriles is 1. The molecule has 1 rings (SSSR count). The molecule has 4 heteroatoms. The molecule has 18 heavy (non-hydrogen) atoms. The van der Waals surface area contributed by atoms with Crippen molar-refractivity contribution < 1.29 is 9.59 Å². The van der Waals surface area contributed by atoms with Gasteiger partial charge in [-0.2, -0.15) is 5.26 Å². The van der Waals surface area contributed by atoms with Crippen molar-refractivity contribution in [1.82, 2.24) is 5.32 Å². The minimum atomic E-state index is -1.20. The Morgan fingerprint density at radius 1 is 1.56 bits per heavy atom. The van der Waals surface area contributed by atoms with Gasteiger partial charge in [-0.25, -0.2) is 0 Å². The summed E-state index contributed by atoms with van der Waals surface area (Å²) in [7, 11) is 0. The highest BCUT2D eigenvalue weighted by Gasteiger charge is 2.26. The normalized spacial score (nSPS) is 16.1. The fourth-order valence-corrected chi connectivity index (χ4v) is 1.94. The zero-order valence-electron chi connectivity index (χ0n) is 10.4. The molecule has 1 aliphatic rings. The number of allylic oxidation sites excluding steroid dienone is 2. The van der Waals surface area contributed by atoms with Crippen molar-refractivity contribution in [2.75, 3.05) is 6.54 Å². The summed E-state index contributed by atoms with van der Waals surface area (Å²) in [6.07, 6.45) is 7.91. The van der Waals surface area contributed by atoms with E-state index in [4.69, 9.17) is 5.26 Å². The number of hydrogen-bond acceptors (Lipinski definition) is 3. The van der Waals surface area contributed by atoms with Gasteiger partial charge in [0.05, 0.1) is 6.07 Å². The molecule has 0 aromatic carbocycles. The first-order valence-electron chi connectivity index (χ1n) is 6.18. The van der Waals surface area contributed by atoms with Crippen LogP contribution in [0.1, 0.15) is 32.1 Å². The summed E-state index contributed by atoms with van der Waals surface area (Å²) in [5.41, 5.74) is 1.06. The number of nitrogens with one attached hydrogen (secondary N) is 1. The van der Waals surface area contributed by atoms with Gasteiger partial charge in [-0.3, -0.25) is 9.59 Å². The largest absolute Gasteiger partial charge is 0.351 e. The average molecular weight is 246 g/mol. The summed E-state index contributed by atoms with van der Waals surface area (Å²) in [4.78, 5) is 23.5. The molecule has 1 atom stereocenters. The first kappa shape index (κ1) is 14.2. The topological polar surface area (TPSA) is 70.0 Å². The lowest BCUT2D eigenvalue weighted by molar-refractivity contribution is -0.131. The maximum atomic E-state index is 11.9. The van der Waals surface area contributed by atoms with E-state index < -0.39 is 11.8 Å². The fraction of sp³-hybridized carbons (Fsp3) is 0.500. The van der Waals surface area contributed by atoms with Crippen molar-refractivity contribution >= 4 is 11.7 Å². The Hall–Kier alpha value is -1.89. The number of hydrogen-bond donors (Lipinski definition) is 1. The lowest BCUT2D eigenvalue weighted by atomic mass is 9.91. The Labute approximate surface area is 107 Å². The van der Waals surface area contributed by atoms with Crippen molar-refractivity contribution in [3.8, 4) is 6.07 Å². The standard InChI is InChI=1S/C14H18N2O2/c1-2-8-16-14(18)12(10-15)13(17)9-11-6-4-3-5-7-11/h2,6,12H,1,3-5,7-9H2,(H,16,18). The Balaban J connectivity index is 2.56. The second kappa shape index (κ2) is 7.44. The molecule has 0 aromatic rings. The molecule has 0 aliphatic heterocycles. The summed E-state index contributed by atoms with van der Waals surface area (Å²) in [6.45, 7) is 3.74. The van der Waals surface area contributed by atoms with Crippen LogP contribution in [0.25, 0.3) is 0 Å². The van der Waals surface area contributed by atoms with E-state index >= 15 is 0 Å². The molecular formula is C14H18N2O2. The number of amides is 1. The first-order valence-corrected chi connectivity index (χ1v) is 6.18. The third kappa shape index (κ3) is 4.17. The fourth-order valence-electron chi connectivity index (χ4n) is 1.94. The molecular weight excluding hydrogens is 228 g/mol. The van der Waals surface area contributed by atoms with Crippen LogP contribution < -0.4 is 5.32 Å². The summed E-state index contributed by atoms with van der Waals surface area (Å²) in [6, 6.07) is 1.78. The SMILES string of the molecule is C=CCNC(=O)C(C#N)C(=O)CC1=CCCCC1. The number of carbonyl (C=O) groups excluding carboxylic acids is 2. The van der Waals surface area contributed by atoms with Crippen molar-refractivity contribution in [3.05, 3.63) is 24.3 Å². The quantitative estimate of drug-likeness (QED) is 0.574. The molecule has 0 saturated carbocycles. The van der Waals surface area contributed by atoms with Gasteiger partial charge < -0.3 is 5.32 Å². The first-order chi connectivity index (χ1) is 8.69. The van der Waals surface area contributed by atoms with E-state index in [1.54, 1.807) is 6.07 Å². The summed E-state index contributed by atoms with van der Waals surface area (Å²) >= 11 is 0. The smallest absolute Gasteiger partial charge is 0.245 e. The number of Topliss-reactive ketones (excluding diaryl/α,β-unsaturated/α-hetero) is 1. The molecule has 0 saturated heterocycles. The molecule has 1 amide bonds. The number of nitrogens with zero attached hydrogens (tertiary/aromatic N) is 1. The van der Waals surface area contributed by atoms with E-state index in [1.165, 1.54) is 6.08 Å². The van der Waals surface area contributed by atoms with Crippen molar-refractivity contribution in [3.63, 3.8) is 0 Å². The lowest BCUT2D eigenvalue weighted by Crippen LogP contribution is -2.34. The van der Waals surface area contributed by atoms with E-state index in [-0.39, 0.29) is 18.7 Å². The summed E-state index contributed by atoms with van der Waals surface area (Å²) in [5, 5.41) is 11.4. The van der Waals surface area contributed by atoms with Gasteiger partial charge in [0.25, 0.3) is 0 Å². The van der Waals surface area contributed by atoms with Crippen LogP contribution >= 0.6 is 0 Å². The zero-order chi connectivity index (χ0) is 13.4. The predicted octanol–water partition coefficient (Wildman–Crippen LogP) is 1.89. The highest BCUT2D eigenvalue weighted by atomic mass is 16.2. The molecule has 0 aromatic heterocycles. The van der Waals surface area contributed by atoms with Crippen molar-refractivity contribution in [1.29, 1.82) is 5.26 Å². The summed E-state index contributed by atoms with van der Waals surface area (Å²) < 4.78 is 0. The monoisotopic (exact) mass is 246 g/mol. The molecule has 0 fully saturated rings. The van der Waals surface area contributed by atoms with Gasteiger partial charge in [-0.05, 0) is 25.7 Å². The van der Waals surface area contributed by atoms with E-state index in [0.29, 0.717) is 0 Å². The Kier molecular flexibility index (Phi) is 5.86. The van der Waals surface area contributed by atoms with E-state index in [2.05, 4.69) is 18.0 Å². The number of rotatable bonds is 6. The third-order valence-electron chi connectivity index (χ3n) is 2.92. The van der Waals surface area contributed by atoms with Gasteiger partial charge in [-0.15, -0.1) is 6.58 Å². The molecule has 1 N–H and O–H groups in total. The van der Waals surface area contributed by atoms with Gasteiger partial charge in [0.1, 0.15) is 0 Å². The zero-order valence-corrected chi connectivity index (χ0v) is 10.4. The van der Waals surface area contributed by atoms with Gasteiger partial charge >= 0.3 is 0 Å². The Bertz CT molecular complexity index is 405. The average Bonchev–Trinajstić information content (AvgIpc) is 2.38. The van der Waals surface area contributed by atoms with Gasteiger partial charge in [0, 0.05) is 13.0 Å².